The van der Waals surface area contributed by atoms with Crippen molar-refractivity contribution in [1.29, 1.82) is 0 Å². The molecule has 2 amide bonds. The Labute approximate surface area is 123 Å². The predicted molar refractivity (Wildman–Crippen MR) is 77.7 cm³/mol. The summed E-state index contributed by atoms with van der Waals surface area (Å²) in [7, 11) is 0. The van der Waals surface area contributed by atoms with Crippen molar-refractivity contribution in [3.05, 3.63) is 35.4 Å². The fourth-order valence-electron chi connectivity index (χ4n) is 1.48. The Morgan fingerprint density at radius 2 is 1.76 bits per heavy atom. The van der Waals surface area contributed by atoms with Gasteiger partial charge >= 0.3 is 5.97 Å². The lowest BCUT2D eigenvalue weighted by atomic mass is 10.1. The van der Waals surface area contributed by atoms with Crippen molar-refractivity contribution < 1.29 is 19.1 Å². The van der Waals surface area contributed by atoms with E-state index >= 15 is 0 Å². The summed E-state index contributed by atoms with van der Waals surface area (Å²) >= 11 is 0. The van der Waals surface area contributed by atoms with E-state index in [2.05, 4.69) is 5.32 Å². The molecule has 0 radical (unpaired) electrons. The van der Waals surface area contributed by atoms with Gasteiger partial charge in [0.05, 0.1) is 5.56 Å². The number of benzene rings is 1. The topological polar surface area (TPSA) is 98.5 Å². The molecule has 1 unspecified atom stereocenters. The first-order valence-electron chi connectivity index (χ1n) is 6.54. The third-order valence-corrected chi connectivity index (χ3v) is 2.53. The highest BCUT2D eigenvalue weighted by Gasteiger charge is 2.19. The highest BCUT2D eigenvalue weighted by molar-refractivity contribution is 5.99. The van der Waals surface area contributed by atoms with E-state index in [0.717, 1.165) is 0 Å². The monoisotopic (exact) mass is 292 g/mol. The van der Waals surface area contributed by atoms with Crippen molar-refractivity contribution in [2.45, 2.75) is 39.3 Å². The molecule has 1 rings (SSSR count). The predicted octanol–water partition coefficient (Wildman–Crippen LogP) is 1.25. The second-order valence-corrected chi connectivity index (χ2v) is 5.68. The molecule has 3 N–H and O–H groups in total. The molecular formula is C15H20N2O4. The second kappa shape index (κ2) is 6.39. The Hall–Kier alpha value is -2.37. The van der Waals surface area contributed by atoms with Crippen molar-refractivity contribution >= 4 is 17.8 Å². The maximum Gasteiger partial charge on any atom is 0.338 e. The molecule has 21 heavy (non-hydrogen) atoms. The molecule has 0 spiro atoms. The van der Waals surface area contributed by atoms with E-state index in [1.54, 1.807) is 32.9 Å². The number of amides is 2. The summed E-state index contributed by atoms with van der Waals surface area (Å²) in [4.78, 5) is 34.8. The Morgan fingerprint density at radius 1 is 1.19 bits per heavy atom. The zero-order valence-electron chi connectivity index (χ0n) is 12.6. The molecule has 0 aromatic heterocycles. The number of primary amides is 1. The summed E-state index contributed by atoms with van der Waals surface area (Å²) in [6.07, 6.45) is 0. The number of hydrogen-bond acceptors (Lipinski definition) is 4. The second-order valence-electron chi connectivity index (χ2n) is 5.68. The molecule has 0 saturated carbocycles. The molecule has 6 heteroatoms. The van der Waals surface area contributed by atoms with Crippen LogP contribution in [0.1, 0.15) is 48.4 Å². The fourth-order valence-corrected chi connectivity index (χ4v) is 1.48. The van der Waals surface area contributed by atoms with Crippen LogP contribution in [0.4, 0.5) is 0 Å². The van der Waals surface area contributed by atoms with Crippen LogP contribution in [0.5, 0.6) is 0 Å². The van der Waals surface area contributed by atoms with E-state index in [4.69, 9.17) is 10.5 Å². The lowest BCUT2D eigenvalue weighted by Crippen LogP contribution is -2.42. The zero-order chi connectivity index (χ0) is 16.2. The van der Waals surface area contributed by atoms with Gasteiger partial charge in [-0.3, -0.25) is 9.59 Å². The van der Waals surface area contributed by atoms with Gasteiger partial charge in [0.1, 0.15) is 11.6 Å². The van der Waals surface area contributed by atoms with E-state index < -0.39 is 29.4 Å². The molecule has 1 atom stereocenters. The minimum Gasteiger partial charge on any atom is -0.456 e. The largest absolute Gasteiger partial charge is 0.456 e. The van der Waals surface area contributed by atoms with Crippen molar-refractivity contribution in [2.75, 3.05) is 0 Å². The first kappa shape index (κ1) is 16.7. The van der Waals surface area contributed by atoms with Gasteiger partial charge in [0, 0.05) is 5.56 Å². The zero-order valence-corrected chi connectivity index (χ0v) is 12.6. The number of rotatable bonds is 4. The average Bonchev–Trinajstić information content (AvgIpc) is 2.36. The number of hydrogen-bond donors (Lipinski definition) is 2. The van der Waals surface area contributed by atoms with Gasteiger partial charge in [-0.15, -0.1) is 0 Å². The summed E-state index contributed by atoms with van der Waals surface area (Å²) in [6.45, 7) is 6.76. The molecule has 0 heterocycles. The molecule has 114 valence electrons. The van der Waals surface area contributed by atoms with Gasteiger partial charge < -0.3 is 15.8 Å². The van der Waals surface area contributed by atoms with E-state index in [-0.39, 0.29) is 11.1 Å². The van der Waals surface area contributed by atoms with Crippen molar-refractivity contribution in [3.63, 3.8) is 0 Å². The van der Waals surface area contributed by atoms with Gasteiger partial charge in [0.25, 0.3) is 5.91 Å². The molecule has 1 aromatic carbocycles. The summed E-state index contributed by atoms with van der Waals surface area (Å²) in [5.41, 5.74) is 4.99. The Balaban J connectivity index is 2.88. The van der Waals surface area contributed by atoms with Crippen LogP contribution >= 0.6 is 0 Å². The highest BCUT2D eigenvalue weighted by Crippen LogP contribution is 2.13. The van der Waals surface area contributed by atoms with Crippen LogP contribution in [0.3, 0.4) is 0 Å². The first-order chi connectivity index (χ1) is 9.60. The molecule has 1 aromatic rings. The average molecular weight is 292 g/mol. The van der Waals surface area contributed by atoms with Crippen molar-refractivity contribution in [3.8, 4) is 0 Å². The molecule has 0 bridgehead atoms. The normalized spacial score (nSPS) is 12.4. The van der Waals surface area contributed by atoms with Crippen molar-refractivity contribution in [2.24, 2.45) is 5.73 Å². The molecule has 0 aliphatic carbocycles. The number of nitrogens with one attached hydrogen (secondary N) is 1. The number of esters is 1. The van der Waals surface area contributed by atoms with Crippen LogP contribution in [0.25, 0.3) is 0 Å². The van der Waals surface area contributed by atoms with Gasteiger partial charge in [-0.2, -0.15) is 0 Å². The summed E-state index contributed by atoms with van der Waals surface area (Å²) in [5.74, 6) is -1.63. The van der Waals surface area contributed by atoms with Gasteiger partial charge in [0.2, 0.25) is 5.91 Å². The Bertz CT molecular complexity index is 561. The maximum absolute atomic E-state index is 11.9. The molecular weight excluding hydrogens is 272 g/mol. The first-order valence-corrected chi connectivity index (χ1v) is 6.54. The third kappa shape index (κ3) is 5.25. The molecule has 0 fully saturated rings. The van der Waals surface area contributed by atoms with Crippen molar-refractivity contribution in [1.82, 2.24) is 5.32 Å². The number of nitrogens with two attached hydrogens (primary N) is 1. The lowest BCUT2D eigenvalue weighted by Gasteiger charge is -2.19. The van der Waals surface area contributed by atoms with Gasteiger partial charge in [-0.1, -0.05) is 6.07 Å². The van der Waals surface area contributed by atoms with Crippen LogP contribution in [0.2, 0.25) is 0 Å². The number of ether oxygens (including phenoxy) is 1. The molecule has 0 saturated heterocycles. The minimum atomic E-state index is -0.789. The van der Waals surface area contributed by atoms with E-state index in [0.29, 0.717) is 0 Å². The van der Waals surface area contributed by atoms with Gasteiger partial charge in [-0.25, -0.2) is 4.79 Å². The molecule has 0 aliphatic heterocycles. The Kier molecular flexibility index (Phi) is 5.07. The quantitative estimate of drug-likeness (QED) is 0.816. The summed E-state index contributed by atoms with van der Waals surface area (Å²) in [5, 5.41) is 2.44. The van der Waals surface area contributed by atoms with Crippen LogP contribution in [0.15, 0.2) is 24.3 Å². The number of carbonyl (C=O) groups is 3. The van der Waals surface area contributed by atoms with Gasteiger partial charge in [0.15, 0.2) is 0 Å². The van der Waals surface area contributed by atoms with E-state index in [9.17, 15) is 14.4 Å². The fraction of sp³-hybridized carbons (Fsp3) is 0.400. The molecule has 0 aliphatic rings. The van der Waals surface area contributed by atoms with Crippen LogP contribution < -0.4 is 11.1 Å². The highest BCUT2D eigenvalue weighted by atomic mass is 16.6. The van der Waals surface area contributed by atoms with Gasteiger partial charge in [-0.05, 0) is 45.9 Å². The number of carbonyl (C=O) groups excluding carboxylic acids is 3. The van der Waals surface area contributed by atoms with E-state index in [1.807, 2.05) is 0 Å². The summed E-state index contributed by atoms with van der Waals surface area (Å²) in [6, 6.07) is 5.29. The Morgan fingerprint density at radius 3 is 2.29 bits per heavy atom. The van der Waals surface area contributed by atoms with Crippen LogP contribution in [0, 0.1) is 0 Å². The minimum absolute atomic E-state index is 0.256. The smallest absolute Gasteiger partial charge is 0.338 e. The summed E-state index contributed by atoms with van der Waals surface area (Å²) < 4.78 is 5.23. The maximum atomic E-state index is 11.9. The lowest BCUT2D eigenvalue weighted by molar-refractivity contribution is -0.119. The standard InChI is InChI=1S/C15H20N2O4/c1-9(12(16)18)17-13(19)10-6-5-7-11(8-10)14(20)21-15(2,3)4/h5-9H,1-4H3,(H2,16,18)(H,17,19). The van der Waals surface area contributed by atoms with E-state index in [1.165, 1.54) is 19.1 Å². The SMILES string of the molecule is CC(NC(=O)c1cccc(C(=O)OC(C)(C)C)c1)C(N)=O. The van der Waals surface area contributed by atoms with Crippen LogP contribution in [-0.2, 0) is 9.53 Å². The third-order valence-electron chi connectivity index (χ3n) is 2.53. The molecule has 6 nitrogen and oxygen atoms in total. The van der Waals surface area contributed by atoms with Crippen LogP contribution in [-0.4, -0.2) is 29.4 Å².